The van der Waals surface area contributed by atoms with Crippen molar-refractivity contribution in [1.29, 1.82) is 0 Å². The molecule has 0 saturated carbocycles. The van der Waals surface area contributed by atoms with Gasteiger partial charge < -0.3 is 4.74 Å². The van der Waals surface area contributed by atoms with E-state index in [0.29, 0.717) is 0 Å². The zero-order chi connectivity index (χ0) is 11.4. The Balaban J connectivity index is 2.24. The van der Waals surface area contributed by atoms with Gasteiger partial charge in [-0.3, -0.25) is 4.98 Å². The van der Waals surface area contributed by atoms with Gasteiger partial charge >= 0.3 is 0 Å². The molecule has 3 heteroatoms. The van der Waals surface area contributed by atoms with E-state index in [4.69, 9.17) is 16.3 Å². The van der Waals surface area contributed by atoms with Crippen LogP contribution in [0.2, 0.25) is 0 Å². The average molecular weight is 234 g/mol. The molecule has 0 spiro atoms. The van der Waals surface area contributed by atoms with Crippen LogP contribution < -0.4 is 4.74 Å². The zero-order valence-corrected chi connectivity index (χ0v) is 9.69. The Bertz CT molecular complexity index is 441. The van der Waals surface area contributed by atoms with E-state index in [0.717, 1.165) is 16.9 Å². The van der Waals surface area contributed by atoms with Crippen molar-refractivity contribution in [2.45, 2.75) is 5.38 Å². The highest BCUT2D eigenvalue weighted by Crippen LogP contribution is 2.28. The molecule has 0 aliphatic carbocycles. The van der Waals surface area contributed by atoms with E-state index < -0.39 is 0 Å². The normalized spacial score (nSPS) is 12.1. The fraction of sp³-hybridized carbons (Fsp3) is 0.154. The van der Waals surface area contributed by atoms with Crippen LogP contribution in [0.3, 0.4) is 0 Å². The predicted molar refractivity (Wildman–Crippen MR) is 64.9 cm³/mol. The van der Waals surface area contributed by atoms with Crippen LogP contribution in [0.15, 0.2) is 48.8 Å². The van der Waals surface area contributed by atoms with Gasteiger partial charge in [-0.2, -0.15) is 0 Å². The number of benzene rings is 1. The Labute approximate surface area is 99.9 Å². The lowest BCUT2D eigenvalue weighted by Gasteiger charge is -2.10. The summed E-state index contributed by atoms with van der Waals surface area (Å²) in [6.07, 6.45) is 3.52. The molecule has 0 aliphatic rings. The van der Waals surface area contributed by atoms with Gasteiger partial charge in [-0.25, -0.2) is 0 Å². The monoisotopic (exact) mass is 233 g/mol. The van der Waals surface area contributed by atoms with Gasteiger partial charge in [0.05, 0.1) is 12.5 Å². The summed E-state index contributed by atoms with van der Waals surface area (Å²) >= 11 is 6.35. The summed E-state index contributed by atoms with van der Waals surface area (Å²) in [5.41, 5.74) is 2.03. The quantitative estimate of drug-likeness (QED) is 0.758. The zero-order valence-electron chi connectivity index (χ0n) is 8.93. The van der Waals surface area contributed by atoms with Crippen molar-refractivity contribution < 1.29 is 4.74 Å². The third-order valence-electron chi connectivity index (χ3n) is 2.39. The molecule has 0 radical (unpaired) electrons. The number of aromatic nitrogens is 1. The van der Waals surface area contributed by atoms with Crippen LogP contribution in [0.1, 0.15) is 16.5 Å². The van der Waals surface area contributed by atoms with E-state index in [1.54, 1.807) is 19.5 Å². The molecule has 0 N–H and O–H groups in total. The largest absolute Gasteiger partial charge is 0.497 e. The molecule has 1 heterocycles. The second kappa shape index (κ2) is 4.99. The minimum Gasteiger partial charge on any atom is -0.497 e. The maximum Gasteiger partial charge on any atom is 0.118 e. The SMILES string of the molecule is COc1ccc(C(Cl)c2cccnc2)cc1. The van der Waals surface area contributed by atoms with Gasteiger partial charge in [0, 0.05) is 12.4 Å². The summed E-state index contributed by atoms with van der Waals surface area (Å²) in [6.45, 7) is 0. The van der Waals surface area contributed by atoms with Crippen molar-refractivity contribution in [1.82, 2.24) is 4.98 Å². The first-order valence-electron chi connectivity index (χ1n) is 4.99. The van der Waals surface area contributed by atoms with Crippen molar-refractivity contribution in [2.24, 2.45) is 0 Å². The maximum atomic E-state index is 6.35. The molecule has 16 heavy (non-hydrogen) atoms. The standard InChI is InChI=1S/C13H12ClNO/c1-16-12-6-4-10(5-7-12)13(14)11-3-2-8-15-9-11/h2-9,13H,1H3. The van der Waals surface area contributed by atoms with E-state index in [1.165, 1.54) is 0 Å². The predicted octanol–water partition coefficient (Wildman–Crippen LogP) is 3.42. The van der Waals surface area contributed by atoms with Crippen molar-refractivity contribution in [3.63, 3.8) is 0 Å². The van der Waals surface area contributed by atoms with E-state index in [1.807, 2.05) is 36.4 Å². The number of hydrogen-bond donors (Lipinski definition) is 0. The molecule has 0 aliphatic heterocycles. The third-order valence-corrected chi connectivity index (χ3v) is 2.89. The molecule has 1 atom stereocenters. The summed E-state index contributed by atoms with van der Waals surface area (Å²) in [6, 6.07) is 11.6. The Hall–Kier alpha value is -1.54. The average Bonchev–Trinajstić information content (AvgIpc) is 2.39. The topological polar surface area (TPSA) is 22.1 Å². The van der Waals surface area contributed by atoms with Crippen LogP contribution >= 0.6 is 11.6 Å². The number of halogens is 1. The highest BCUT2D eigenvalue weighted by atomic mass is 35.5. The number of nitrogens with zero attached hydrogens (tertiary/aromatic N) is 1. The van der Waals surface area contributed by atoms with Crippen molar-refractivity contribution in [3.8, 4) is 5.75 Å². The molecule has 2 rings (SSSR count). The van der Waals surface area contributed by atoms with Crippen molar-refractivity contribution in [3.05, 3.63) is 59.9 Å². The van der Waals surface area contributed by atoms with E-state index in [2.05, 4.69) is 4.98 Å². The summed E-state index contributed by atoms with van der Waals surface area (Å²) < 4.78 is 5.10. The lowest BCUT2D eigenvalue weighted by Crippen LogP contribution is -1.93. The van der Waals surface area contributed by atoms with E-state index in [-0.39, 0.29) is 5.38 Å². The molecule has 1 aromatic carbocycles. The number of methoxy groups -OCH3 is 1. The summed E-state index contributed by atoms with van der Waals surface area (Å²) in [5, 5.41) is -0.167. The molecule has 1 aromatic heterocycles. The van der Waals surface area contributed by atoms with E-state index in [9.17, 15) is 0 Å². The molecule has 0 saturated heterocycles. The number of hydrogen-bond acceptors (Lipinski definition) is 2. The second-order valence-corrected chi connectivity index (χ2v) is 3.86. The van der Waals surface area contributed by atoms with Gasteiger partial charge in [0.25, 0.3) is 0 Å². The highest BCUT2D eigenvalue weighted by molar-refractivity contribution is 6.22. The molecule has 0 bridgehead atoms. The Morgan fingerprint density at radius 2 is 1.88 bits per heavy atom. The second-order valence-electron chi connectivity index (χ2n) is 3.42. The van der Waals surface area contributed by atoms with E-state index >= 15 is 0 Å². The lowest BCUT2D eigenvalue weighted by atomic mass is 10.1. The minimum atomic E-state index is -0.167. The molecule has 82 valence electrons. The first-order chi connectivity index (χ1) is 7.81. The minimum absolute atomic E-state index is 0.167. The Morgan fingerprint density at radius 1 is 1.12 bits per heavy atom. The van der Waals surface area contributed by atoms with Gasteiger partial charge in [0.1, 0.15) is 5.75 Å². The van der Waals surface area contributed by atoms with Gasteiger partial charge in [-0.05, 0) is 29.3 Å². The van der Waals surface area contributed by atoms with Crippen molar-refractivity contribution in [2.75, 3.05) is 7.11 Å². The number of rotatable bonds is 3. The van der Waals surface area contributed by atoms with Gasteiger partial charge in [0.2, 0.25) is 0 Å². The van der Waals surface area contributed by atoms with Crippen LogP contribution in [0, 0.1) is 0 Å². The maximum absolute atomic E-state index is 6.35. The molecule has 0 fully saturated rings. The van der Waals surface area contributed by atoms with Crippen LogP contribution in [0.4, 0.5) is 0 Å². The smallest absolute Gasteiger partial charge is 0.118 e. The first kappa shape index (κ1) is 11.0. The van der Waals surface area contributed by atoms with Crippen LogP contribution in [0.5, 0.6) is 5.75 Å². The molecular weight excluding hydrogens is 222 g/mol. The lowest BCUT2D eigenvalue weighted by molar-refractivity contribution is 0.414. The molecule has 2 aromatic rings. The fourth-order valence-corrected chi connectivity index (χ4v) is 1.77. The molecule has 0 amide bonds. The summed E-state index contributed by atoms with van der Waals surface area (Å²) in [4.78, 5) is 4.06. The number of pyridine rings is 1. The van der Waals surface area contributed by atoms with Crippen LogP contribution in [-0.2, 0) is 0 Å². The van der Waals surface area contributed by atoms with Gasteiger partial charge in [-0.1, -0.05) is 18.2 Å². The number of ether oxygens (including phenoxy) is 1. The van der Waals surface area contributed by atoms with Gasteiger partial charge in [-0.15, -0.1) is 11.6 Å². The third kappa shape index (κ3) is 2.34. The highest BCUT2D eigenvalue weighted by Gasteiger charge is 2.10. The Morgan fingerprint density at radius 3 is 2.44 bits per heavy atom. The summed E-state index contributed by atoms with van der Waals surface area (Å²) in [5.74, 6) is 0.832. The molecule has 2 nitrogen and oxygen atoms in total. The number of alkyl halides is 1. The fourth-order valence-electron chi connectivity index (χ4n) is 1.49. The summed E-state index contributed by atoms with van der Waals surface area (Å²) in [7, 11) is 1.65. The van der Waals surface area contributed by atoms with Crippen molar-refractivity contribution >= 4 is 11.6 Å². The Kier molecular flexibility index (Phi) is 3.42. The van der Waals surface area contributed by atoms with Gasteiger partial charge in [0.15, 0.2) is 0 Å². The molecule has 1 unspecified atom stereocenters. The van der Waals surface area contributed by atoms with Crippen LogP contribution in [-0.4, -0.2) is 12.1 Å². The molecular formula is C13H12ClNO. The first-order valence-corrected chi connectivity index (χ1v) is 5.43. The van der Waals surface area contributed by atoms with Crippen LogP contribution in [0.25, 0.3) is 0 Å².